The number of rotatable bonds is 11. The zero-order valence-electron chi connectivity index (χ0n) is 23.4. The van der Waals surface area contributed by atoms with Crippen molar-refractivity contribution >= 4 is 17.9 Å². The predicted octanol–water partition coefficient (Wildman–Crippen LogP) is -3.24. The van der Waals surface area contributed by atoms with Gasteiger partial charge in [-0.15, -0.1) is 6.58 Å². The Morgan fingerprint density at radius 2 is 1.88 bits per heavy atom. The molecule has 1 saturated heterocycles. The van der Waals surface area contributed by atoms with Gasteiger partial charge in [0, 0.05) is 17.4 Å². The van der Waals surface area contributed by atoms with Crippen molar-refractivity contribution in [2.24, 2.45) is 17.8 Å². The molecule has 3 rings (SSSR count). The summed E-state index contributed by atoms with van der Waals surface area (Å²) in [6, 6.07) is -1.03. The van der Waals surface area contributed by atoms with Gasteiger partial charge in [0.15, 0.2) is 6.29 Å². The Morgan fingerprint density at radius 3 is 2.43 bits per heavy atom. The lowest BCUT2D eigenvalue weighted by atomic mass is 9.83. The molecule has 1 fully saturated rings. The summed E-state index contributed by atoms with van der Waals surface area (Å²) in [5.41, 5.74) is 0.370. The summed E-state index contributed by atoms with van der Waals surface area (Å²) < 4.78 is 21.7. The van der Waals surface area contributed by atoms with Crippen LogP contribution >= 0.6 is 0 Å². The molecule has 0 saturated carbocycles. The molecular weight excluding hydrogens is 558 g/mol. The van der Waals surface area contributed by atoms with Gasteiger partial charge >= 0.3 is 11.9 Å². The number of carboxylic acid groups (broad SMARTS) is 2. The fourth-order valence-electron chi connectivity index (χ4n) is 5.19. The van der Waals surface area contributed by atoms with E-state index in [1.807, 2.05) is 0 Å². The van der Waals surface area contributed by atoms with E-state index in [0.29, 0.717) is 10.5 Å². The standard InChI is InChI=1S/C28H37NO13/c1-5-16-17(7-6-14-8-15(24(34)35)10-29(9-14)20(13(2)3)25(36)37)18(26(38)39-4)12-40-27(16)42-28-23(33)22(32)21(31)19(11-30)41-28/h5-9,12-13,16-17,19-23,27-28,30-33H,1,10-11H2,2-4H3,(H,34,35)(H,36,37). The fraction of sp³-hybridized carbons (Fsp3) is 0.536. The number of carbonyl (C=O) groups is 3. The van der Waals surface area contributed by atoms with E-state index in [4.69, 9.17) is 18.9 Å². The zero-order chi connectivity index (χ0) is 31.3. The number of carboxylic acids is 2. The summed E-state index contributed by atoms with van der Waals surface area (Å²) in [5, 5.41) is 61.6. The molecular formula is C28H37NO13. The number of ether oxygens (including phenoxy) is 4. The first kappa shape index (κ1) is 33.1. The first-order valence-corrected chi connectivity index (χ1v) is 13.3. The highest BCUT2D eigenvalue weighted by molar-refractivity contribution is 5.89. The predicted molar refractivity (Wildman–Crippen MR) is 139 cm³/mol. The molecule has 0 amide bonds. The quantitative estimate of drug-likeness (QED) is 0.102. The van der Waals surface area contributed by atoms with Crippen LogP contribution in [0.5, 0.6) is 0 Å². The van der Waals surface area contributed by atoms with Crippen LogP contribution in [0.2, 0.25) is 0 Å². The first-order chi connectivity index (χ1) is 19.8. The van der Waals surface area contributed by atoms with Crippen LogP contribution in [0.1, 0.15) is 13.8 Å². The number of carbonyl (C=O) groups excluding carboxylic acids is 2. The summed E-state index contributed by atoms with van der Waals surface area (Å²) in [5.74, 6) is -5.33. The van der Waals surface area contributed by atoms with Gasteiger partial charge in [-0.3, -0.25) is 4.90 Å². The molecule has 10 atom stereocenters. The lowest BCUT2D eigenvalue weighted by molar-refractivity contribution is -0.867. The number of esters is 1. The third kappa shape index (κ3) is 7.15. The minimum Gasteiger partial charge on any atom is -0.544 e. The molecule has 10 unspecified atom stereocenters. The van der Waals surface area contributed by atoms with Gasteiger partial charge in [0.2, 0.25) is 6.29 Å². The lowest BCUT2D eigenvalue weighted by Crippen LogP contribution is -3.14. The number of allylic oxidation sites excluding steroid dienone is 4. The Kier molecular flexibility index (Phi) is 11.2. The maximum atomic E-state index is 12.6. The van der Waals surface area contributed by atoms with Crippen LogP contribution in [-0.2, 0) is 33.3 Å². The second-order valence-corrected chi connectivity index (χ2v) is 10.5. The highest BCUT2D eigenvalue weighted by Gasteiger charge is 2.47. The molecule has 3 aliphatic rings. The molecule has 0 aliphatic carbocycles. The third-order valence-corrected chi connectivity index (χ3v) is 7.41. The summed E-state index contributed by atoms with van der Waals surface area (Å²) in [7, 11) is 1.17. The maximum Gasteiger partial charge on any atom is 0.337 e. The Balaban J connectivity index is 1.96. The van der Waals surface area contributed by atoms with Crippen LogP contribution < -0.4 is 10.0 Å². The van der Waals surface area contributed by atoms with E-state index in [-0.39, 0.29) is 23.6 Å². The molecule has 0 aromatic rings. The van der Waals surface area contributed by atoms with Crippen molar-refractivity contribution in [2.75, 3.05) is 20.3 Å². The fourth-order valence-corrected chi connectivity index (χ4v) is 5.19. The van der Waals surface area contributed by atoms with Crippen LogP contribution in [0.3, 0.4) is 0 Å². The lowest BCUT2D eigenvalue weighted by Gasteiger charge is -2.42. The number of quaternary nitrogens is 1. The summed E-state index contributed by atoms with van der Waals surface area (Å²) in [6.45, 7) is 6.41. The molecule has 6 N–H and O–H groups in total. The van der Waals surface area contributed by atoms with Crippen LogP contribution in [0.15, 0.2) is 60.1 Å². The molecule has 0 spiro atoms. The van der Waals surface area contributed by atoms with Crippen molar-refractivity contribution in [2.45, 2.75) is 56.9 Å². The Hall–Kier alpha value is -3.37. The largest absolute Gasteiger partial charge is 0.544 e. The van der Waals surface area contributed by atoms with Crippen LogP contribution in [0, 0.1) is 17.8 Å². The highest BCUT2D eigenvalue weighted by atomic mass is 16.8. The van der Waals surface area contributed by atoms with Crippen molar-refractivity contribution in [1.29, 1.82) is 0 Å². The molecule has 14 heteroatoms. The molecule has 0 bridgehead atoms. The van der Waals surface area contributed by atoms with Gasteiger partial charge in [-0.05, 0) is 6.08 Å². The Labute approximate surface area is 242 Å². The minimum absolute atomic E-state index is 0.0288. The number of methoxy groups -OCH3 is 1. The van der Waals surface area contributed by atoms with Gasteiger partial charge in [0.05, 0.1) is 43.0 Å². The summed E-state index contributed by atoms with van der Waals surface area (Å²) in [6.07, 6.45) is -0.504. The summed E-state index contributed by atoms with van der Waals surface area (Å²) >= 11 is 0. The molecule has 42 heavy (non-hydrogen) atoms. The average molecular weight is 596 g/mol. The van der Waals surface area contributed by atoms with Crippen molar-refractivity contribution in [3.63, 3.8) is 0 Å². The topological polar surface area (TPSA) is 217 Å². The maximum absolute atomic E-state index is 12.6. The first-order valence-electron chi connectivity index (χ1n) is 13.3. The Bertz CT molecular complexity index is 1160. The second kappa shape index (κ2) is 14.2. The molecule has 0 aromatic heterocycles. The van der Waals surface area contributed by atoms with E-state index in [2.05, 4.69) is 6.58 Å². The number of aliphatic hydroxyl groups excluding tert-OH is 4. The van der Waals surface area contributed by atoms with Gasteiger partial charge in [0.25, 0.3) is 0 Å². The Morgan fingerprint density at radius 1 is 1.19 bits per heavy atom. The van der Waals surface area contributed by atoms with Crippen LogP contribution in [0.25, 0.3) is 0 Å². The minimum atomic E-state index is -1.71. The second-order valence-electron chi connectivity index (χ2n) is 10.5. The van der Waals surface area contributed by atoms with Crippen LogP contribution in [0.4, 0.5) is 0 Å². The van der Waals surface area contributed by atoms with Gasteiger partial charge < -0.3 is 54.4 Å². The third-order valence-electron chi connectivity index (χ3n) is 7.41. The zero-order valence-corrected chi connectivity index (χ0v) is 23.4. The van der Waals surface area contributed by atoms with Gasteiger partial charge in [-0.25, -0.2) is 9.59 Å². The number of hydrogen-bond acceptors (Lipinski definition) is 12. The van der Waals surface area contributed by atoms with E-state index in [9.17, 15) is 45.0 Å². The monoisotopic (exact) mass is 595 g/mol. The normalized spacial score (nSPS) is 34.1. The number of nitrogens with one attached hydrogen (secondary N) is 1. The molecule has 232 valence electrons. The van der Waals surface area contributed by atoms with Gasteiger partial charge in [-0.1, -0.05) is 32.1 Å². The van der Waals surface area contributed by atoms with Crippen molar-refractivity contribution in [1.82, 2.24) is 0 Å². The van der Waals surface area contributed by atoms with Gasteiger partial charge in [0.1, 0.15) is 43.2 Å². The average Bonchev–Trinajstić information content (AvgIpc) is 2.95. The van der Waals surface area contributed by atoms with E-state index < -0.39 is 79.4 Å². The molecule has 0 radical (unpaired) electrons. The summed E-state index contributed by atoms with van der Waals surface area (Å²) in [4.78, 5) is 36.7. The number of aliphatic carboxylic acids is 2. The van der Waals surface area contributed by atoms with E-state index in [0.717, 1.165) is 6.26 Å². The van der Waals surface area contributed by atoms with Crippen molar-refractivity contribution in [3.8, 4) is 0 Å². The van der Waals surface area contributed by atoms with Crippen molar-refractivity contribution in [3.05, 3.63) is 60.1 Å². The van der Waals surface area contributed by atoms with E-state index in [1.54, 1.807) is 26.1 Å². The van der Waals surface area contributed by atoms with Crippen LogP contribution in [-0.4, -0.2) is 107 Å². The molecule has 3 aliphatic heterocycles. The number of hydrogen-bond donors (Lipinski definition) is 6. The molecule has 14 nitrogen and oxygen atoms in total. The molecule has 3 heterocycles. The number of aliphatic hydroxyl groups is 4. The molecule has 0 aromatic carbocycles. The highest BCUT2D eigenvalue weighted by Crippen LogP contribution is 2.36. The smallest absolute Gasteiger partial charge is 0.337 e. The van der Waals surface area contributed by atoms with E-state index >= 15 is 0 Å². The SMILES string of the molecule is C=CC1C(OC2OC(CO)C(O)C(O)C2O)OC=C(C(=O)OC)C1C=CC1=C[NH+](C(C(=O)[O-])C(C)C)CC(C(=O)O)=C1. The van der Waals surface area contributed by atoms with Crippen molar-refractivity contribution < 1.29 is 68.9 Å². The van der Waals surface area contributed by atoms with E-state index in [1.165, 1.54) is 25.3 Å². The van der Waals surface area contributed by atoms with Gasteiger partial charge in [-0.2, -0.15) is 0 Å².